The monoisotopic (exact) mass is 363 g/mol. The number of carbonyl (C=O) groups is 2. The normalized spacial score (nSPS) is 21.7. The number of aromatic nitrogens is 3. The second-order valence-electron chi connectivity index (χ2n) is 6.55. The van der Waals surface area contributed by atoms with Crippen LogP contribution in [0.1, 0.15) is 26.3 Å². The van der Waals surface area contributed by atoms with E-state index in [9.17, 15) is 14.7 Å². The van der Waals surface area contributed by atoms with Crippen molar-refractivity contribution in [3.05, 3.63) is 23.7 Å². The molecule has 2 unspecified atom stereocenters. The molecule has 8 nitrogen and oxygen atoms in total. The molecule has 1 aliphatic rings. The highest BCUT2D eigenvalue weighted by molar-refractivity contribution is 7.13. The van der Waals surface area contributed by atoms with Gasteiger partial charge in [-0.2, -0.15) is 0 Å². The number of β-amino-alcohol motifs (C(OH)–C–C–N with tert-alkyl or cyclic N) is 1. The first-order valence-corrected chi connectivity index (χ1v) is 9.00. The number of hydrogen-bond donors (Lipinski definition) is 2. The van der Waals surface area contributed by atoms with Crippen LogP contribution in [0.5, 0.6) is 0 Å². The van der Waals surface area contributed by atoms with Gasteiger partial charge in [-0.25, -0.2) is 4.68 Å². The van der Waals surface area contributed by atoms with Crippen LogP contribution in [0.4, 0.5) is 0 Å². The van der Waals surface area contributed by atoms with Gasteiger partial charge < -0.3 is 15.7 Å². The summed E-state index contributed by atoms with van der Waals surface area (Å²) >= 11 is 1.54. The van der Waals surface area contributed by atoms with Gasteiger partial charge in [-0.05, 0) is 17.4 Å². The van der Waals surface area contributed by atoms with Gasteiger partial charge in [-0.1, -0.05) is 25.1 Å². The Hall–Kier alpha value is -2.26. The predicted octanol–water partition coefficient (Wildman–Crippen LogP) is 0.651. The number of likely N-dealkylation sites (tertiary alicyclic amines) is 1. The number of thiophene rings is 1. The molecule has 1 aliphatic heterocycles. The number of amides is 2. The molecule has 134 valence electrons. The number of carbonyl (C=O) groups excluding carboxylic acids is 2. The number of hydrogen-bond acceptors (Lipinski definition) is 6. The largest absolute Gasteiger partial charge is 0.391 e. The fourth-order valence-corrected chi connectivity index (χ4v) is 3.83. The van der Waals surface area contributed by atoms with E-state index < -0.39 is 24.1 Å². The van der Waals surface area contributed by atoms with Gasteiger partial charge in [0, 0.05) is 13.0 Å². The van der Waals surface area contributed by atoms with Crippen molar-refractivity contribution >= 4 is 23.2 Å². The van der Waals surface area contributed by atoms with E-state index >= 15 is 0 Å². The van der Waals surface area contributed by atoms with Gasteiger partial charge in [0.2, 0.25) is 11.8 Å². The van der Waals surface area contributed by atoms with Crippen molar-refractivity contribution in [3.8, 4) is 10.6 Å². The van der Waals surface area contributed by atoms with Crippen LogP contribution in [0, 0.1) is 5.92 Å². The highest BCUT2D eigenvalue weighted by atomic mass is 32.1. The Bertz CT molecular complexity index is 758. The summed E-state index contributed by atoms with van der Waals surface area (Å²) in [4.78, 5) is 27.0. The maximum absolute atomic E-state index is 13.1. The zero-order valence-corrected chi connectivity index (χ0v) is 14.9. The highest BCUT2D eigenvalue weighted by Crippen LogP contribution is 2.28. The van der Waals surface area contributed by atoms with Gasteiger partial charge in [0.15, 0.2) is 0 Å². The Balaban J connectivity index is 1.88. The minimum atomic E-state index is -0.788. The first-order chi connectivity index (χ1) is 11.9. The quantitative estimate of drug-likeness (QED) is 0.809. The zero-order chi connectivity index (χ0) is 18.1. The van der Waals surface area contributed by atoms with Crippen molar-refractivity contribution in [1.29, 1.82) is 0 Å². The molecule has 0 spiro atoms. The molecule has 9 heteroatoms. The van der Waals surface area contributed by atoms with Crippen molar-refractivity contribution in [2.24, 2.45) is 11.7 Å². The molecule has 3 atom stereocenters. The van der Waals surface area contributed by atoms with E-state index in [2.05, 4.69) is 10.3 Å². The predicted molar refractivity (Wildman–Crippen MR) is 92.5 cm³/mol. The minimum absolute atomic E-state index is 0.0725. The molecule has 0 radical (unpaired) electrons. The Morgan fingerprint density at radius 2 is 2.20 bits per heavy atom. The van der Waals surface area contributed by atoms with Gasteiger partial charge in [0.05, 0.1) is 17.2 Å². The molecule has 0 aliphatic carbocycles. The molecule has 0 saturated carbocycles. The van der Waals surface area contributed by atoms with Gasteiger partial charge in [-0.15, -0.1) is 16.4 Å². The van der Waals surface area contributed by atoms with E-state index in [1.54, 1.807) is 17.5 Å². The molecular weight excluding hydrogens is 342 g/mol. The maximum Gasteiger partial charge on any atom is 0.248 e. The van der Waals surface area contributed by atoms with Crippen molar-refractivity contribution in [3.63, 3.8) is 0 Å². The fourth-order valence-electron chi connectivity index (χ4n) is 3.15. The summed E-state index contributed by atoms with van der Waals surface area (Å²) in [6.07, 6.45) is 1.16. The third-order valence-corrected chi connectivity index (χ3v) is 5.24. The number of aliphatic hydroxyl groups excluding tert-OH is 1. The van der Waals surface area contributed by atoms with Crippen LogP contribution >= 0.6 is 11.3 Å². The van der Waals surface area contributed by atoms with Crippen molar-refractivity contribution in [1.82, 2.24) is 19.9 Å². The third kappa shape index (κ3) is 3.42. The fraction of sp³-hybridized carbons (Fsp3) is 0.500. The maximum atomic E-state index is 13.1. The van der Waals surface area contributed by atoms with E-state index in [-0.39, 0.29) is 24.8 Å². The standard InChI is InChI=1S/C16H21N5O3S/c1-9(2)14(16(24)20-7-10(22)6-12(20)15(17)23)21-8-11(18-19-21)13-4-3-5-25-13/h3-5,8-10,12,14,22H,6-7H2,1-2H3,(H2,17,23)/t10?,12?,14-/m0/s1. The van der Waals surface area contributed by atoms with Crippen molar-refractivity contribution in [2.75, 3.05) is 6.54 Å². The van der Waals surface area contributed by atoms with E-state index in [0.717, 1.165) is 4.88 Å². The lowest BCUT2D eigenvalue weighted by atomic mass is 10.0. The topological polar surface area (TPSA) is 114 Å². The number of nitrogens with two attached hydrogens (primary N) is 1. The smallest absolute Gasteiger partial charge is 0.248 e. The molecule has 0 bridgehead atoms. The average molecular weight is 363 g/mol. The summed E-state index contributed by atoms with van der Waals surface area (Å²) in [6.45, 7) is 3.91. The molecule has 2 amide bonds. The van der Waals surface area contributed by atoms with Gasteiger partial charge in [0.1, 0.15) is 17.8 Å². The van der Waals surface area contributed by atoms with E-state index in [1.807, 2.05) is 31.4 Å². The second kappa shape index (κ2) is 6.93. The molecule has 0 aromatic carbocycles. The summed E-state index contributed by atoms with van der Waals surface area (Å²) < 4.78 is 1.53. The van der Waals surface area contributed by atoms with Crippen molar-refractivity contribution in [2.45, 2.75) is 38.5 Å². The van der Waals surface area contributed by atoms with E-state index in [1.165, 1.54) is 9.58 Å². The number of primary amides is 1. The SMILES string of the molecule is CC(C)[C@@H](C(=O)N1CC(O)CC1C(N)=O)n1cc(-c2cccs2)nn1. The highest BCUT2D eigenvalue weighted by Gasteiger charge is 2.41. The molecule has 2 aromatic heterocycles. The lowest BCUT2D eigenvalue weighted by molar-refractivity contribution is -0.141. The molecule has 1 saturated heterocycles. The van der Waals surface area contributed by atoms with Gasteiger partial charge in [-0.3, -0.25) is 9.59 Å². The molecular formula is C16H21N5O3S. The Morgan fingerprint density at radius 1 is 1.44 bits per heavy atom. The first kappa shape index (κ1) is 17.6. The summed E-state index contributed by atoms with van der Waals surface area (Å²) in [5.74, 6) is -0.958. The van der Waals surface area contributed by atoms with Gasteiger partial charge >= 0.3 is 0 Å². The van der Waals surface area contributed by atoms with Crippen LogP contribution < -0.4 is 5.73 Å². The first-order valence-electron chi connectivity index (χ1n) is 8.12. The molecule has 3 rings (SSSR count). The van der Waals surface area contributed by atoms with Crippen LogP contribution in [0.15, 0.2) is 23.7 Å². The summed E-state index contributed by atoms with van der Waals surface area (Å²) in [6, 6.07) is 2.45. The van der Waals surface area contributed by atoms with E-state index in [0.29, 0.717) is 5.69 Å². The van der Waals surface area contributed by atoms with Crippen LogP contribution in [-0.2, 0) is 9.59 Å². The zero-order valence-electron chi connectivity index (χ0n) is 14.1. The van der Waals surface area contributed by atoms with Crippen LogP contribution in [-0.4, -0.2) is 55.5 Å². The van der Waals surface area contributed by atoms with Crippen molar-refractivity contribution < 1.29 is 14.7 Å². The second-order valence-corrected chi connectivity index (χ2v) is 7.50. The molecule has 2 aromatic rings. The van der Waals surface area contributed by atoms with Crippen LogP contribution in [0.2, 0.25) is 0 Å². The van der Waals surface area contributed by atoms with E-state index in [4.69, 9.17) is 5.73 Å². The summed E-state index contributed by atoms with van der Waals surface area (Å²) in [5, 5.41) is 20.1. The molecule has 1 fully saturated rings. The Labute approximate surface area is 149 Å². The number of aliphatic hydroxyl groups is 1. The molecule has 25 heavy (non-hydrogen) atoms. The number of rotatable bonds is 5. The average Bonchev–Trinajstić information content (AvgIpc) is 3.26. The van der Waals surface area contributed by atoms with Crippen LogP contribution in [0.3, 0.4) is 0 Å². The lowest BCUT2D eigenvalue weighted by Gasteiger charge is -2.28. The van der Waals surface area contributed by atoms with Crippen LogP contribution in [0.25, 0.3) is 10.6 Å². The van der Waals surface area contributed by atoms with Gasteiger partial charge in [0.25, 0.3) is 0 Å². The minimum Gasteiger partial charge on any atom is -0.391 e. The number of nitrogens with zero attached hydrogens (tertiary/aromatic N) is 4. The Kier molecular flexibility index (Phi) is 4.87. The lowest BCUT2D eigenvalue weighted by Crippen LogP contribution is -2.47. The molecule has 3 heterocycles. The summed E-state index contributed by atoms with van der Waals surface area (Å²) in [7, 11) is 0. The third-order valence-electron chi connectivity index (χ3n) is 4.34. The molecule has 3 N–H and O–H groups in total. The Morgan fingerprint density at radius 3 is 2.80 bits per heavy atom. The summed E-state index contributed by atoms with van der Waals surface area (Å²) in [5.41, 5.74) is 6.09.